The molecule has 1 fully saturated rings. The van der Waals surface area contributed by atoms with Crippen molar-refractivity contribution in [1.82, 2.24) is 9.66 Å². The van der Waals surface area contributed by atoms with E-state index in [0.29, 0.717) is 39.5 Å². The van der Waals surface area contributed by atoms with Gasteiger partial charge in [0, 0.05) is 21.6 Å². The van der Waals surface area contributed by atoms with Crippen LogP contribution in [0.3, 0.4) is 0 Å². The van der Waals surface area contributed by atoms with Gasteiger partial charge in [-0.2, -0.15) is 9.78 Å². The van der Waals surface area contributed by atoms with Crippen LogP contribution in [0, 0.1) is 6.92 Å². The molecule has 0 saturated heterocycles. The molecule has 0 bridgehead atoms. The molecule has 1 aliphatic carbocycles. The largest absolute Gasteiger partial charge is 0.493 e. The Kier molecular flexibility index (Phi) is 8.60. The number of hydrogen-bond donors (Lipinski definition) is 1. The molecule has 8 nitrogen and oxygen atoms in total. The van der Waals surface area contributed by atoms with Gasteiger partial charge in [0.2, 0.25) is 0 Å². The van der Waals surface area contributed by atoms with Crippen molar-refractivity contribution >= 4 is 44.6 Å². The van der Waals surface area contributed by atoms with E-state index in [1.807, 2.05) is 43.3 Å². The SMILES string of the molecule is COc1cccc(C=Nn2c(C3CCCCC3)nc3ccc(Br)cc3c2=O)c1OCC(=O)Nc1ccc(C)cc1. The quantitative estimate of drug-likeness (QED) is 0.235. The molecule has 4 aromatic rings. The van der Waals surface area contributed by atoms with Crippen LogP contribution in [0.1, 0.15) is 55.0 Å². The van der Waals surface area contributed by atoms with E-state index in [-0.39, 0.29) is 24.0 Å². The molecule has 0 radical (unpaired) electrons. The normalized spacial score (nSPS) is 14.0. The van der Waals surface area contributed by atoms with Crippen LogP contribution in [-0.4, -0.2) is 35.5 Å². The average molecular weight is 604 g/mol. The van der Waals surface area contributed by atoms with Crippen LogP contribution in [0.5, 0.6) is 11.5 Å². The number of aryl methyl sites for hydroxylation is 1. The fraction of sp³-hybridized carbons (Fsp3) is 0.290. The van der Waals surface area contributed by atoms with E-state index < -0.39 is 0 Å². The van der Waals surface area contributed by atoms with Crippen molar-refractivity contribution in [1.29, 1.82) is 0 Å². The molecular formula is C31H31BrN4O4. The number of hydrogen-bond acceptors (Lipinski definition) is 6. The van der Waals surface area contributed by atoms with Crippen molar-refractivity contribution < 1.29 is 14.3 Å². The Balaban J connectivity index is 1.47. The summed E-state index contributed by atoms with van der Waals surface area (Å²) in [4.78, 5) is 31.2. The van der Waals surface area contributed by atoms with Crippen molar-refractivity contribution in [3.63, 3.8) is 0 Å². The van der Waals surface area contributed by atoms with Crippen LogP contribution in [0.25, 0.3) is 10.9 Å². The molecule has 1 amide bonds. The highest BCUT2D eigenvalue weighted by molar-refractivity contribution is 9.10. The first-order chi connectivity index (χ1) is 19.4. The number of nitrogens with one attached hydrogen (secondary N) is 1. The summed E-state index contributed by atoms with van der Waals surface area (Å²) in [5.41, 5.74) is 2.78. The van der Waals surface area contributed by atoms with Gasteiger partial charge in [0.25, 0.3) is 11.5 Å². The number of para-hydroxylation sites is 1. The maximum atomic E-state index is 13.7. The number of amides is 1. The molecule has 1 heterocycles. The van der Waals surface area contributed by atoms with Crippen LogP contribution in [0.2, 0.25) is 0 Å². The highest BCUT2D eigenvalue weighted by Crippen LogP contribution is 2.33. The number of ether oxygens (including phenoxy) is 2. The van der Waals surface area contributed by atoms with Crippen LogP contribution in [0.15, 0.2) is 75.0 Å². The maximum Gasteiger partial charge on any atom is 0.282 e. The van der Waals surface area contributed by atoms with Crippen LogP contribution >= 0.6 is 15.9 Å². The second kappa shape index (κ2) is 12.5. The van der Waals surface area contributed by atoms with E-state index in [9.17, 15) is 9.59 Å². The fourth-order valence-electron chi connectivity index (χ4n) is 4.94. The number of methoxy groups -OCH3 is 1. The molecule has 1 saturated carbocycles. The summed E-state index contributed by atoms with van der Waals surface area (Å²) in [6.07, 6.45) is 6.88. The molecule has 0 aliphatic heterocycles. The molecule has 3 aromatic carbocycles. The number of benzene rings is 3. The zero-order chi connectivity index (χ0) is 28.1. The highest BCUT2D eigenvalue weighted by atomic mass is 79.9. The summed E-state index contributed by atoms with van der Waals surface area (Å²) in [6.45, 7) is 1.76. The third-order valence-electron chi connectivity index (χ3n) is 7.03. The van der Waals surface area contributed by atoms with Crippen molar-refractivity contribution in [2.45, 2.75) is 44.9 Å². The first-order valence-electron chi connectivity index (χ1n) is 13.4. The molecule has 5 rings (SSSR count). The number of fused-ring (bicyclic) bond motifs is 1. The van der Waals surface area contributed by atoms with Gasteiger partial charge < -0.3 is 14.8 Å². The van der Waals surface area contributed by atoms with E-state index in [2.05, 4.69) is 26.3 Å². The smallest absolute Gasteiger partial charge is 0.282 e. The molecule has 0 unspecified atom stereocenters. The minimum absolute atomic E-state index is 0.151. The Bertz CT molecular complexity index is 1610. The summed E-state index contributed by atoms with van der Waals surface area (Å²) in [7, 11) is 1.53. The fourth-order valence-corrected chi connectivity index (χ4v) is 5.30. The second-order valence-electron chi connectivity index (χ2n) is 9.91. The minimum Gasteiger partial charge on any atom is -0.493 e. The lowest BCUT2D eigenvalue weighted by atomic mass is 9.88. The molecule has 40 heavy (non-hydrogen) atoms. The van der Waals surface area contributed by atoms with E-state index in [1.54, 1.807) is 30.5 Å². The number of rotatable bonds is 8. The van der Waals surface area contributed by atoms with Crippen molar-refractivity contribution in [3.05, 3.63) is 92.4 Å². The number of nitrogens with zero attached hydrogens (tertiary/aromatic N) is 3. The Morgan fingerprint density at radius 2 is 1.90 bits per heavy atom. The third-order valence-corrected chi connectivity index (χ3v) is 7.52. The summed E-state index contributed by atoms with van der Waals surface area (Å²) >= 11 is 3.46. The van der Waals surface area contributed by atoms with Gasteiger partial charge in [-0.1, -0.05) is 59.0 Å². The lowest BCUT2D eigenvalue weighted by molar-refractivity contribution is -0.118. The van der Waals surface area contributed by atoms with Gasteiger partial charge in [-0.3, -0.25) is 9.59 Å². The summed E-state index contributed by atoms with van der Waals surface area (Å²) in [5, 5.41) is 7.95. The van der Waals surface area contributed by atoms with Gasteiger partial charge in [-0.15, -0.1) is 0 Å². The summed E-state index contributed by atoms with van der Waals surface area (Å²) < 4.78 is 13.7. The van der Waals surface area contributed by atoms with E-state index in [0.717, 1.165) is 35.7 Å². The Labute approximate surface area is 241 Å². The molecule has 9 heteroatoms. The number of anilines is 1. The highest BCUT2D eigenvalue weighted by Gasteiger charge is 2.23. The Hall–Kier alpha value is -3.98. The number of carbonyl (C=O) groups is 1. The van der Waals surface area contributed by atoms with Gasteiger partial charge in [0.05, 0.1) is 24.2 Å². The lowest BCUT2D eigenvalue weighted by Crippen LogP contribution is -2.25. The Morgan fingerprint density at radius 3 is 2.65 bits per heavy atom. The topological polar surface area (TPSA) is 94.8 Å². The van der Waals surface area contributed by atoms with Crippen molar-refractivity contribution in [2.24, 2.45) is 5.10 Å². The van der Waals surface area contributed by atoms with Crippen LogP contribution < -0.4 is 20.3 Å². The predicted molar refractivity (Wildman–Crippen MR) is 161 cm³/mol. The summed E-state index contributed by atoms with van der Waals surface area (Å²) in [6, 6.07) is 18.4. The average Bonchev–Trinajstić information content (AvgIpc) is 2.97. The van der Waals surface area contributed by atoms with Gasteiger partial charge in [-0.25, -0.2) is 4.98 Å². The van der Waals surface area contributed by atoms with Gasteiger partial charge >= 0.3 is 0 Å². The minimum atomic E-state index is -0.308. The third kappa shape index (κ3) is 6.25. The summed E-state index contributed by atoms with van der Waals surface area (Å²) in [5.74, 6) is 1.32. The second-order valence-corrected chi connectivity index (χ2v) is 10.8. The molecule has 206 valence electrons. The van der Waals surface area contributed by atoms with Crippen molar-refractivity contribution in [2.75, 3.05) is 19.0 Å². The van der Waals surface area contributed by atoms with Gasteiger partial charge in [-0.05, 0) is 62.2 Å². The molecule has 1 aromatic heterocycles. The molecular weight excluding hydrogens is 572 g/mol. The Morgan fingerprint density at radius 1 is 1.12 bits per heavy atom. The molecule has 0 atom stereocenters. The monoisotopic (exact) mass is 602 g/mol. The first kappa shape index (κ1) is 27.6. The van der Waals surface area contributed by atoms with Gasteiger partial charge in [0.15, 0.2) is 18.1 Å². The van der Waals surface area contributed by atoms with E-state index >= 15 is 0 Å². The molecule has 1 aliphatic rings. The van der Waals surface area contributed by atoms with E-state index in [1.165, 1.54) is 18.2 Å². The maximum absolute atomic E-state index is 13.7. The predicted octanol–water partition coefficient (Wildman–Crippen LogP) is 6.42. The zero-order valence-electron chi connectivity index (χ0n) is 22.5. The number of aromatic nitrogens is 2. The molecule has 0 spiro atoms. The number of halogens is 1. The first-order valence-corrected chi connectivity index (χ1v) is 14.1. The standard InChI is InChI=1S/C31H31BrN4O4/c1-20-11-14-24(15-12-20)34-28(37)19-40-29-22(9-6-10-27(29)39-2)18-33-36-30(21-7-4-3-5-8-21)35-26-16-13-23(32)17-25(26)31(36)38/h6,9-18,21H,3-5,7-8,19H2,1-2H3,(H,34,37). The van der Waals surface area contributed by atoms with Crippen molar-refractivity contribution in [3.8, 4) is 11.5 Å². The molecule has 1 N–H and O–H groups in total. The van der Waals surface area contributed by atoms with Crippen LogP contribution in [-0.2, 0) is 4.79 Å². The lowest BCUT2D eigenvalue weighted by Gasteiger charge is -2.22. The van der Waals surface area contributed by atoms with Gasteiger partial charge in [0.1, 0.15) is 5.82 Å². The zero-order valence-corrected chi connectivity index (χ0v) is 24.1. The van der Waals surface area contributed by atoms with Crippen LogP contribution in [0.4, 0.5) is 5.69 Å². The number of carbonyl (C=O) groups excluding carboxylic acids is 1. The van der Waals surface area contributed by atoms with E-state index in [4.69, 9.17) is 14.5 Å².